The van der Waals surface area contributed by atoms with E-state index in [-0.39, 0.29) is 23.5 Å². The number of hydrogen-bond donors (Lipinski definition) is 2. The molecule has 0 spiro atoms. The Bertz CT molecular complexity index is 1000. The van der Waals surface area contributed by atoms with Crippen molar-refractivity contribution < 1.29 is 23.4 Å². The molecule has 6 nitrogen and oxygen atoms in total. The van der Waals surface area contributed by atoms with Crippen LogP contribution in [0.4, 0.5) is 0 Å². The maximum Gasteiger partial charge on any atom is 0.241 e. The molecule has 0 bridgehead atoms. The lowest BCUT2D eigenvalue weighted by Crippen LogP contribution is -2.40. The van der Waals surface area contributed by atoms with Gasteiger partial charge >= 0.3 is 0 Å². The van der Waals surface area contributed by atoms with Gasteiger partial charge in [-0.2, -0.15) is 0 Å². The molecule has 0 amide bonds. The lowest BCUT2D eigenvalue weighted by Gasteiger charge is -2.21. The number of aliphatic hydroxyl groups is 1. The van der Waals surface area contributed by atoms with Crippen molar-refractivity contribution in [3.63, 3.8) is 0 Å². The fraction of sp³-hybridized carbons (Fsp3) is 0.286. The van der Waals surface area contributed by atoms with E-state index in [0.717, 1.165) is 0 Å². The molecule has 2 N–H and O–H groups in total. The minimum absolute atomic E-state index is 0.0591. The van der Waals surface area contributed by atoms with E-state index >= 15 is 0 Å². The Labute approximate surface area is 175 Å². The third-order valence-corrected chi connectivity index (χ3v) is 5.96. The van der Waals surface area contributed by atoms with Gasteiger partial charge in [-0.1, -0.05) is 35.9 Å². The molecule has 156 valence electrons. The first-order valence-corrected chi connectivity index (χ1v) is 10.8. The summed E-state index contributed by atoms with van der Waals surface area (Å²) in [6.45, 7) is 4.84. The van der Waals surface area contributed by atoms with Gasteiger partial charge in [0, 0.05) is 17.2 Å². The third-order valence-electron chi connectivity index (χ3n) is 3.94. The Kier molecular flexibility index (Phi) is 7.24. The number of benzene rings is 2. The molecule has 0 saturated carbocycles. The monoisotopic (exact) mass is 436 g/mol. The summed E-state index contributed by atoms with van der Waals surface area (Å²) in [5, 5.41) is 21.5. The lowest BCUT2D eigenvalue weighted by molar-refractivity contribution is -0.299. The first-order chi connectivity index (χ1) is 13.4. The van der Waals surface area contributed by atoms with E-state index in [1.807, 2.05) is 0 Å². The van der Waals surface area contributed by atoms with E-state index in [4.69, 9.17) is 11.6 Å². The van der Waals surface area contributed by atoms with Crippen LogP contribution in [0.2, 0.25) is 5.02 Å². The molecule has 0 aromatic heterocycles. The van der Waals surface area contributed by atoms with Gasteiger partial charge in [0.25, 0.3) is 0 Å². The number of carbonyl (C=O) groups is 1. The summed E-state index contributed by atoms with van der Waals surface area (Å²) >= 11 is 5.93. The Morgan fingerprint density at radius 1 is 1.03 bits per heavy atom. The van der Waals surface area contributed by atoms with Crippen LogP contribution in [0.15, 0.2) is 59.0 Å². The second-order valence-corrected chi connectivity index (χ2v) is 9.62. The lowest BCUT2D eigenvalue weighted by atomic mass is 9.91. The van der Waals surface area contributed by atoms with Gasteiger partial charge in [0.1, 0.15) is 0 Å². The van der Waals surface area contributed by atoms with Gasteiger partial charge in [-0.05, 0) is 73.7 Å². The second-order valence-electron chi connectivity index (χ2n) is 7.50. The molecular weight excluding hydrogens is 414 g/mol. The molecule has 2 aromatic carbocycles. The fourth-order valence-corrected chi connectivity index (χ4v) is 4.38. The van der Waals surface area contributed by atoms with Crippen LogP contribution < -0.4 is 9.83 Å². The van der Waals surface area contributed by atoms with Crippen LogP contribution in [0.1, 0.15) is 38.3 Å². The first-order valence-electron chi connectivity index (χ1n) is 8.90. The minimum Gasteiger partial charge on any atom is -0.545 e. The molecule has 0 aliphatic heterocycles. The number of carboxylic acid groups (broad SMARTS) is 1. The van der Waals surface area contributed by atoms with Crippen molar-refractivity contribution in [1.82, 2.24) is 4.72 Å². The van der Waals surface area contributed by atoms with Crippen molar-refractivity contribution in [2.75, 3.05) is 6.61 Å². The minimum atomic E-state index is -3.73. The summed E-state index contributed by atoms with van der Waals surface area (Å²) in [4.78, 5) is 11.8. The van der Waals surface area contributed by atoms with Crippen molar-refractivity contribution in [2.45, 2.75) is 37.6 Å². The van der Waals surface area contributed by atoms with Crippen LogP contribution in [-0.4, -0.2) is 31.6 Å². The Hall–Kier alpha value is -2.19. The standard InChI is InChI=1S/C21H24ClNO5S/c1-21(2,3)23-29(27,28)17-10-6-15(7-11-17)19(18(12-13-24)20(25)26)14-4-8-16(22)9-5-14/h4-11,23-24H,12-13H2,1-3H3,(H,25,26)/p-1/b19-18+. The quantitative estimate of drug-likeness (QED) is 0.648. The second kappa shape index (κ2) is 9.09. The highest BCUT2D eigenvalue weighted by Gasteiger charge is 2.22. The van der Waals surface area contributed by atoms with E-state index in [0.29, 0.717) is 21.7 Å². The van der Waals surface area contributed by atoms with Crippen molar-refractivity contribution in [1.29, 1.82) is 0 Å². The zero-order chi connectivity index (χ0) is 21.8. The normalized spacial score (nSPS) is 13.1. The van der Waals surface area contributed by atoms with Crippen LogP contribution >= 0.6 is 11.6 Å². The number of halogens is 1. The molecule has 29 heavy (non-hydrogen) atoms. The highest BCUT2D eigenvalue weighted by atomic mass is 35.5. The summed E-state index contributed by atoms with van der Waals surface area (Å²) in [7, 11) is -3.73. The van der Waals surface area contributed by atoms with E-state index in [2.05, 4.69) is 4.72 Å². The van der Waals surface area contributed by atoms with E-state index < -0.39 is 21.5 Å². The SMILES string of the molecule is CC(C)(C)NS(=O)(=O)c1ccc(/C(=C(\CCO)C(=O)[O-])c2ccc(Cl)cc2)cc1. The van der Waals surface area contributed by atoms with Crippen molar-refractivity contribution in [3.05, 3.63) is 70.3 Å². The van der Waals surface area contributed by atoms with Crippen LogP contribution in [0.5, 0.6) is 0 Å². The molecule has 0 aliphatic rings. The van der Waals surface area contributed by atoms with Crippen molar-refractivity contribution >= 4 is 33.2 Å². The fourth-order valence-electron chi connectivity index (χ4n) is 2.84. The number of carboxylic acids is 1. The van der Waals surface area contributed by atoms with Crippen molar-refractivity contribution in [2.24, 2.45) is 0 Å². The third kappa shape index (κ3) is 6.14. The summed E-state index contributed by atoms with van der Waals surface area (Å²) in [6.07, 6.45) is -0.119. The maximum absolute atomic E-state index is 12.5. The van der Waals surface area contributed by atoms with Crippen molar-refractivity contribution in [3.8, 4) is 0 Å². The number of hydrogen-bond acceptors (Lipinski definition) is 5. The molecule has 0 atom stereocenters. The molecule has 0 radical (unpaired) electrons. The van der Waals surface area contributed by atoms with Crippen LogP contribution in [-0.2, 0) is 14.8 Å². The Morgan fingerprint density at radius 3 is 1.93 bits per heavy atom. The van der Waals surface area contributed by atoms with Crippen LogP contribution in [0, 0.1) is 0 Å². The molecule has 8 heteroatoms. The molecular formula is C21H23ClNO5S-. The summed E-state index contributed by atoms with van der Waals surface area (Å²) in [5.74, 6) is -1.41. The predicted molar refractivity (Wildman–Crippen MR) is 111 cm³/mol. The molecule has 2 rings (SSSR count). The van der Waals surface area contributed by atoms with E-state index in [1.165, 1.54) is 24.3 Å². The highest BCUT2D eigenvalue weighted by molar-refractivity contribution is 7.89. The average molecular weight is 437 g/mol. The summed E-state index contributed by atoms with van der Waals surface area (Å²) in [6, 6.07) is 12.4. The Balaban J connectivity index is 2.59. The molecule has 0 saturated heterocycles. The van der Waals surface area contributed by atoms with Gasteiger partial charge in [-0.15, -0.1) is 0 Å². The van der Waals surface area contributed by atoms with Crippen LogP contribution in [0.25, 0.3) is 5.57 Å². The van der Waals surface area contributed by atoms with Gasteiger partial charge in [-0.25, -0.2) is 13.1 Å². The first kappa shape index (κ1) is 23.1. The van der Waals surface area contributed by atoms with Gasteiger partial charge in [0.2, 0.25) is 10.0 Å². The smallest absolute Gasteiger partial charge is 0.241 e. The number of nitrogens with one attached hydrogen (secondary N) is 1. The number of aliphatic hydroxyl groups excluding tert-OH is 1. The zero-order valence-corrected chi connectivity index (χ0v) is 18.0. The van der Waals surface area contributed by atoms with Gasteiger partial charge in [0.05, 0.1) is 10.9 Å². The zero-order valence-electron chi connectivity index (χ0n) is 16.4. The molecule has 0 heterocycles. The Morgan fingerprint density at radius 2 is 1.52 bits per heavy atom. The largest absolute Gasteiger partial charge is 0.545 e. The van der Waals surface area contributed by atoms with Crippen LogP contribution in [0.3, 0.4) is 0 Å². The molecule has 0 unspecified atom stereocenters. The summed E-state index contributed by atoms with van der Waals surface area (Å²) in [5.41, 5.74) is 0.650. The molecule has 2 aromatic rings. The number of aliphatic carboxylic acids is 1. The van der Waals surface area contributed by atoms with E-state index in [1.54, 1.807) is 45.0 Å². The number of rotatable bonds is 7. The number of carbonyl (C=O) groups excluding carboxylic acids is 1. The maximum atomic E-state index is 12.5. The van der Waals surface area contributed by atoms with E-state index in [9.17, 15) is 23.4 Å². The average Bonchev–Trinajstić information content (AvgIpc) is 2.61. The van der Waals surface area contributed by atoms with Gasteiger partial charge < -0.3 is 15.0 Å². The topological polar surface area (TPSA) is 107 Å². The molecule has 0 aliphatic carbocycles. The molecule has 0 fully saturated rings. The summed E-state index contributed by atoms with van der Waals surface area (Å²) < 4.78 is 27.6. The van der Waals surface area contributed by atoms with Gasteiger partial charge in [-0.3, -0.25) is 0 Å². The highest BCUT2D eigenvalue weighted by Crippen LogP contribution is 2.30. The predicted octanol–water partition coefficient (Wildman–Crippen LogP) is 2.35. The van der Waals surface area contributed by atoms with Gasteiger partial charge in [0.15, 0.2) is 0 Å². The number of sulfonamides is 1.